The second kappa shape index (κ2) is 11.6. The summed E-state index contributed by atoms with van der Waals surface area (Å²) in [6, 6.07) is 11.2. The van der Waals surface area contributed by atoms with Gasteiger partial charge in [0.2, 0.25) is 11.9 Å². The van der Waals surface area contributed by atoms with Gasteiger partial charge in [-0.05, 0) is 38.4 Å². The molecule has 0 aliphatic heterocycles. The molecule has 0 spiro atoms. The minimum atomic E-state index is -0.317. The van der Waals surface area contributed by atoms with Gasteiger partial charge in [-0.2, -0.15) is 10.1 Å². The maximum absolute atomic E-state index is 12.2. The van der Waals surface area contributed by atoms with E-state index in [1.807, 2.05) is 45.4 Å². The van der Waals surface area contributed by atoms with Gasteiger partial charge in [-0.15, -0.1) is 0 Å². The Labute approximate surface area is 221 Å². The van der Waals surface area contributed by atoms with Gasteiger partial charge in [-0.1, -0.05) is 12.6 Å². The molecule has 4 aromatic rings. The predicted molar refractivity (Wildman–Crippen MR) is 150 cm³/mol. The number of fused-ring (bicyclic) bond motifs is 1. The van der Waals surface area contributed by atoms with E-state index in [4.69, 9.17) is 9.47 Å². The first-order valence-electron chi connectivity index (χ1n) is 12.0. The van der Waals surface area contributed by atoms with Gasteiger partial charge in [0.15, 0.2) is 5.82 Å². The molecular formula is C27H32N8O3. The summed E-state index contributed by atoms with van der Waals surface area (Å²) >= 11 is 0. The van der Waals surface area contributed by atoms with Crippen molar-refractivity contribution in [3.05, 3.63) is 61.4 Å². The molecule has 0 unspecified atom stereocenters. The van der Waals surface area contributed by atoms with E-state index in [-0.39, 0.29) is 5.91 Å². The number of benzene rings is 2. The number of hydrogen-bond donors (Lipinski definition) is 2. The van der Waals surface area contributed by atoms with E-state index in [1.165, 1.54) is 6.08 Å². The minimum Gasteiger partial charge on any atom is -0.496 e. The van der Waals surface area contributed by atoms with Crippen molar-refractivity contribution in [3.63, 3.8) is 0 Å². The summed E-state index contributed by atoms with van der Waals surface area (Å²) in [5.74, 6) is 1.89. The zero-order valence-corrected chi connectivity index (χ0v) is 22.2. The van der Waals surface area contributed by atoms with Crippen molar-refractivity contribution in [3.8, 4) is 17.3 Å². The lowest BCUT2D eigenvalue weighted by atomic mass is 10.2. The van der Waals surface area contributed by atoms with Crippen molar-refractivity contribution < 1.29 is 14.3 Å². The third-order valence-corrected chi connectivity index (χ3v) is 5.95. The van der Waals surface area contributed by atoms with Crippen LogP contribution in [0.4, 0.5) is 23.0 Å². The summed E-state index contributed by atoms with van der Waals surface area (Å²) in [6.07, 6.45) is 4.62. The van der Waals surface area contributed by atoms with Crippen LogP contribution in [0.3, 0.4) is 0 Å². The number of nitrogens with zero attached hydrogens (tertiary/aromatic N) is 6. The Morgan fingerprint density at radius 2 is 1.87 bits per heavy atom. The van der Waals surface area contributed by atoms with Crippen LogP contribution in [0, 0.1) is 0 Å². The number of likely N-dealkylation sites (N-methyl/N-ethyl adjacent to an activating group) is 2. The minimum absolute atomic E-state index is 0.317. The predicted octanol–water partition coefficient (Wildman–Crippen LogP) is 3.70. The Morgan fingerprint density at radius 1 is 1.08 bits per heavy atom. The summed E-state index contributed by atoms with van der Waals surface area (Å²) in [6.45, 7) is 5.15. The fourth-order valence-corrected chi connectivity index (χ4v) is 3.94. The number of anilines is 4. The lowest BCUT2D eigenvalue weighted by Crippen LogP contribution is -2.29. The van der Waals surface area contributed by atoms with E-state index in [0.29, 0.717) is 28.9 Å². The fourth-order valence-electron chi connectivity index (χ4n) is 3.94. The van der Waals surface area contributed by atoms with E-state index in [2.05, 4.69) is 42.1 Å². The average Bonchev–Trinajstić information content (AvgIpc) is 3.36. The van der Waals surface area contributed by atoms with Gasteiger partial charge in [-0.3, -0.25) is 4.79 Å². The lowest BCUT2D eigenvalue weighted by Gasteiger charge is -2.26. The Bertz CT molecular complexity index is 1450. The molecule has 0 radical (unpaired) electrons. The van der Waals surface area contributed by atoms with Crippen molar-refractivity contribution in [1.29, 1.82) is 0 Å². The Morgan fingerprint density at radius 3 is 2.58 bits per heavy atom. The molecule has 11 heteroatoms. The molecule has 0 fully saturated rings. The molecule has 2 heterocycles. The first-order valence-corrected chi connectivity index (χ1v) is 12.0. The van der Waals surface area contributed by atoms with Crippen molar-refractivity contribution in [2.24, 2.45) is 0 Å². The fraction of sp³-hybridized carbons (Fsp3) is 0.259. The molecule has 0 aliphatic rings. The molecule has 2 aromatic carbocycles. The first-order chi connectivity index (χ1) is 18.3. The van der Waals surface area contributed by atoms with Gasteiger partial charge in [0, 0.05) is 38.5 Å². The topological polar surface area (TPSA) is 110 Å². The number of aromatic nitrogens is 4. The van der Waals surface area contributed by atoms with Gasteiger partial charge in [-0.25, -0.2) is 9.67 Å². The quantitative estimate of drug-likeness (QED) is 0.288. The highest BCUT2D eigenvalue weighted by atomic mass is 16.5. The monoisotopic (exact) mass is 516 g/mol. The number of nitrogens with one attached hydrogen (secondary N) is 2. The largest absolute Gasteiger partial charge is 0.496 e. The first kappa shape index (κ1) is 26.4. The summed E-state index contributed by atoms with van der Waals surface area (Å²) in [5, 5.41) is 11.5. The molecule has 1 amide bonds. The van der Waals surface area contributed by atoms with Crippen LogP contribution in [-0.4, -0.2) is 79.0 Å². The number of hydrogen-bond acceptors (Lipinski definition) is 9. The molecule has 198 valence electrons. The van der Waals surface area contributed by atoms with Crippen LogP contribution >= 0.6 is 0 Å². The SMILES string of the molecule is C=CC(=O)Nc1cc(Nc2nccc(-n3ncc4c(OC)cccc43)n2)c(OC)cc1N(C)CCN(C)C. The van der Waals surface area contributed by atoms with Crippen LogP contribution in [0.25, 0.3) is 16.7 Å². The lowest BCUT2D eigenvalue weighted by molar-refractivity contribution is -0.111. The summed E-state index contributed by atoms with van der Waals surface area (Å²) in [7, 11) is 9.21. The number of methoxy groups -OCH3 is 2. The van der Waals surface area contributed by atoms with Crippen molar-refractivity contribution >= 4 is 39.8 Å². The van der Waals surface area contributed by atoms with E-state index in [9.17, 15) is 4.79 Å². The highest BCUT2D eigenvalue weighted by Crippen LogP contribution is 2.38. The Balaban J connectivity index is 1.70. The smallest absolute Gasteiger partial charge is 0.247 e. The molecule has 0 bridgehead atoms. The van der Waals surface area contributed by atoms with Gasteiger partial charge < -0.3 is 29.9 Å². The molecule has 4 rings (SSSR count). The van der Waals surface area contributed by atoms with Crippen LogP contribution in [0.1, 0.15) is 0 Å². The molecule has 0 saturated carbocycles. The van der Waals surface area contributed by atoms with E-state index >= 15 is 0 Å². The maximum Gasteiger partial charge on any atom is 0.247 e. The number of carbonyl (C=O) groups excluding carboxylic acids is 1. The molecule has 38 heavy (non-hydrogen) atoms. The van der Waals surface area contributed by atoms with Crippen LogP contribution in [0.15, 0.2) is 61.4 Å². The average molecular weight is 517 g/mol. The molecule has 2 aromatic heterocycles. The molecule has 2 N–H and O–H groups in total. The molecular weight excluding hydrogens is 484 g/mol. The Hall–Kier alpha value is -4.64. The highest BCUT2D eigenvalue weighted by molar-refractivity contribution is 6.02. The van der Waals surface area contributed by atoms with Gasteiger partial charge in [0.1, 0.15) is 11.5 Å². The van der Waals surface area contributed by atoms with Crippen LogP contribution in [-0.2, 0) is 4.79 Å². The normalized spacial score (nSPS) is 10.9. The second-order valence-corrected chi connectivity index (χ2v) is 8.80. The molecule has 0 atom stereocenters. The third-order valence-electron chi connectivity index (χ3n) is 5.95. The van der Waals surface area contributed by atoms with Crippen LogP contribution in [0.2, 0.25) is 0 Å². The van der Waals surface area contributed by atoms with Crippen LogP contribution in [0.5, 0.6) is 11.5 Å². The van der Waals surface area contributed by atoms with Crippen molar-refractivity contribution in [2.45, 2.75) is 0 Å². The van der Waals surface area contributed by atoms with E-state index in [1.54, 1.807) is 43.4 Å². The number of carbonyl (C=O) groups is 1. The summed E-state index contributed by atoms with van der Waals surface area (Å²) in [4.78, 5) is 25.4. The number of rotatable bonds is 11. The molecule has 0 saturated heterocycles. The summed E-state index contributed by atoms with van der Waals surface area (Å²) < 4.78 is 12.9. The highest BCUT2D eigenvalue weighted by Gasteiger charge is 2.17. The number of amides is 1. The molecule has 11 nitrogen and oxygen atoms in total. The van der Waals surface area contributed by atoms with E-state index < -0.39 is 0 Å². The zero-order chi connectivity index (χ0) is 27.2. The van der Waals surface area contributed by atoms with Gasteiger partial charge in [0.25, 0.3) is 0 Å². The number of ether oxygens (including phenoxy) is 2. The maximum atomic E-state index is 12.2. The zero-order valence-electron chi connectivity index (χ0n) is 22.2. The Kier molecular flexibility index (Phi) is 8.07. The van der Waals surface area contributed by atoms with Crippen molar-refractivity contribution in [1.82, 2.24) is 24.6 Å². The molecule has 0 aliphatic carbocycles. The third kappa shape index (κ3) is 5.68. The van der Waals surface area contributed by atoms with Crippen molar-refractivity contribution in [2.75, 3.05) is 64.0 Å². The van der Waals surface area contributed by atoms with Gasteiger partial charge in [0.05, 0.1) is 48.4 Å². The van der Waals surface area contributed by atoms with Gasteiger partial charge >= 0.3 is 0 Å². The second-order valence-electron chi connectivity index (χ2n) is 8.80. The standard InChI is InChI=1S/C27H32N8O3/c1-7-26(36)30-19-15-20(24(38-6)16-22(19)34(4)14-13-33(2)3)31-27-28-12-11-25(32-27)35-21-9-8-10-23(37-5)18(21)17-29-35/h7-12,15-17H,1,13-14H2,2-6H3,(H,30,36)(H,28,31,32). The van der Waals surface area contributed by atoms with Crippen LogP contribution < -0.4 is 25.0 Å². The summed E-state index contributed by atoms with van der Waals surface area (Å²) in [5.41, 5.74) is 2.84. The van der Waals surface area contributed by atoms with E-state index in [0.717, 1.165) is 35.4 Å².